The molecular formula is C19H22N4O5. The van der Waals surface area contributed by atoms with Crippen LogP contribution >= 0.6 is 0 Å². The molecule has 0 bridgehead atoms. The number of amides is 2. The van der Waals surface area contributed by atoms with Crippen molar-refractivity contribution in [1.29, 1.82) is 0 Å². The quantitative estimate of drug-likeness (QED) is 0.600. The molecule has 2 aromatic rings. The molecule has 9 nitrogen and oxygen atoms in total. The van der Waals surface area contributed by atoms with Crippen molar-refractivity contribution in [3.05, 3.63) is 58.0 Å². The zero-order valence-corrected chi connectivity index (χ0v) is 15.6. The second kappa shape index (κ2) is 8.55. The van der Waals surface area contributed by atoms with Gasteiger partial charge >= 0.3 is 0 Å². The molecule has 1 aliphatic heterocycles. The number of hydrogen-bond acceptors (Lipinski definition) is 6. The van der Waals surface area contributed by atoms with E-state index >= 15 is 0 Å². The molecule has 0 saturated carbocycles. The number of nitrogens with one attached hydrogen (secondary N) is 1. The maximum Gasteiger partial charge on any atom is 0.269 e. The van der Waals surface area contributed by atoms with Crippen LogP contribution in [0.3, 0.4) is 0 Å². The molecule has 1 aromatic heterocycles. The molecule has 0 radical (unpaired) electrons. The Morgan fingerprint density at radius 1 is 1.14 bits per heavy atom. The zero-order valence-electron chi connectivity index (χ0n) is 15.6. The van der Waals surface area contributed by atoms with Crippen molar-refractivity contribution in [3.8, 4) is 0 Å². The molecule has 3 rings (SSSR count). The minimum atomic E-state index is -0.424. The number of benzene rings is 1. The minimum Gasteiger partial charge on any atom is -0.469 e. The van der Waals surface area contributed by atoms with Crippen LogP contribution in [0.25, 0.3) is 0 Å². The molecule has 9 heteroatoms. The van der Waals surface area contributed by atoms with Crippen LogP contribution in [0, 0.1) is 17.0 Å². The van der Waals surface area contributed by atoms with E-state index in [9.17, 15) is 19.7 Å². The van der Waals surface area contributed by atoms with Gasteiger partial charge < -0.3 is 19.5 Å². The van der Waals surface area contributed by atoms with Gasteiger partial charge in [0.25, 0.3) is 11.6 Å². The van der Waals surface area contributed by atoms with Crippen molar-refractivity contribution in [2.24, 2.45) is 0 Å². The number of nitro benzene ring substituents is 1. The van der Waals surface area contributed by atoms with Crippen LogP contribution in [0.2, 0.25) is 0 Å². The van der Waals surface area contributed by atoms with E-state index in [-0.39, 0.29) is 30.5 Å². The first-order chi connectivity index (χ1) is 13.5. The Morgan fingerprint density at radius 3 is 2.39 bits per heavy atom. The minimum absolute atomic E-state index is 0.00688. The summed E-state index contributed by atoms with van der Waals surface area (Å²) in [6, 6.07) is 8.02. The maximum absolute atomic E-state index is 12.4. The molecule has 0 atom stereocenters. The van der Waals surface area contributed by atoms with Crippen LogP contribution < -0.4 is 10.2 Å². The number of anilines is 1. The number of carbonyl (C=O) groups is 2. The van der Waals surface area contributed by atoms with Gasteiger partial charge in [0.1, 0.15) is 5.76 Å². The second-order valence-corrected chi connectivity index (χ2v) is 6.54. The molecule has 1 saturated heterocycles. The fourth-order valence-corrected chi connectivity index (χ4v) is 3.16. The molecule has 0 unspecified atom stereocenters. The summed E-state index contributed by atoms with van der Waals surface area (Å²) < 4.78 is 5.10. The Bertz CT molecular complexity index is 853. The summed E-state index contributed by atoms with van der Waals surface area (Å²) >= 11 is 0. The van der Waals surface area contributed by atoms with Crippen molar-refractivity contribution >= 4 is 23.2 Å². The summed E-state index contributed by atoms with van der Waals surface area (Å²) in [6.07, 6.45) is 1.69. The van der Waals surface area contributed by atoms with E-state index in [1.165, 1.54) is 18.4 Å². The summed E-state index contributed by atoms with van der Waals surface area (Å²) in [6.45, 7) is 4.44. The van der Waals surface area contributed by atoms with Crippen molar-refractivity contribution < 1.29 is 18.9 Å². The van der Waals surface area contributed by atoms with Gasteiger partial charge in [0.2, 0.25) is 5.91 Å². The first kappa shape index (κ1) is 19.4. The molecule has 2 heterocycles. The molecule has 28 heavy (non-hydrogen) atoms. The average molecular weight is 386 g/mol. The van der Waals surface area contributed by atoms with E-state index in [1.54, 1.807) is 30.0 Å². The molecule has 1 aromatic carbocycles. The number of hydrogen-bond donors (Lipinski definition) is 1. The number of furan rings is 1. The SMILES string of the molecule is Cc1occc1C(=O)NCCC(=O)N1CCN(c2ccc([N+](=O)[O-])cc2)CC1. The molecule has 0 aliphatic carbocycles. The molecular weight excluding hydrogens is 364 g/mol. The molecule has 0 spiro atoms. The van der Waals surface area contributed by atoms with E-state index in [0.29, 0.717) is 37.5 Å². The summed E-state index contributed by atoms with van der Waals surface area (Å²) in [5.41, 5.74) is 1.44. The van der Waals surface area contributed by atoms with E-state index in [1.807, 2.05) is 0 Å². The standard InChI is InChI=1S/C19H22N4O5/c1-14-17(7-13-28-14)19(25)20-8-6-18(24)22-11-9-21(10-12-22)15-2-4-16(5-3-15)23(26)27/h2-5,7,13H,6,8-12H2,1H3,(H,20,25). The van der Waals surface area contributed by atoms with Gasteiger partial charge in [-0.1, -0.05) is 0 Å². The number of aryl methyl sites for hydroxylation is 1. The summed E-state index contributed by atoms with van der Waals surface area (Å²) in [5.74, 6) is 0.292. The number of rotatable bonds is 6. The van der Waals surface area contributed by atoms with Gasteiger partial charge in [-0.25, -0.2) is 0 Å². The van der Waals surface area contributed by atoms with Gasteiger partial charge in [0.05, 0.1) is 16.7 Å². The first-order valence-electron chi connectivity index (χ1n) is 9.05. The smallest absolute Gasteiger partial charge is 0.269 e. The normalized spacial score (nSPS) is 14.0. The van der Waals surface area contributed by atoms with Crippen LogP contribution in [0.4, 0.5) is 11.4 Å². The van der Waals surface area contributed by atoms with Gasteiger partial charge in [0.15, 0.2) is 0 Å². The van der Waals surface area contributed by atoms with Gasteiger partial charge in [-0.3, -0.25) is 19.7 Å². The summed E-state index contributed by atoms with van der Waals surface area (Å²) in [7, 11) is 0. The van der Waals surface area contributed by atoms with Crippen molar-refractivity contribution in [2.75, 3.05) is 37.6 Å². The molecule has 1 fully saturated rings. The number of nitrogens with zero attached hydrogens (tertiary/aromatic N) is 3. The van der Waals surface area contributed by atoms with E-state index in [2.05, 4.69) is 10.2 Å². The molecule has 1 aliphatic rings. The Morgan fingerprint density at radius 2 is 1.82 bits per heavy atom. The predicted octanol–water partition coefficient (Wildman–Crippen LogP) is 1.96. The molecule has 1 N–H and O–H groups in total. The Balaban J connectivity index is 1.43. The average Bonchev–Trinajstić information content (AvgIpc) is 3.14. The van der Waals surface area contributed by atoms with Crippen molar-refractivity contribution in [2.45, 2.75) is 13.3 Å². The van der Waals surface area contributed by atoms with Crippen LogP contribution in [0.1, 0.15) is 22.5 Å². The topological polar surface area (TPSA) is 109 Å². The molecule has 2 amide bonds. The monoisotopic (exact) mass is 386 g/mol. The van der Waals surface area contributed by atoms with Crippen LogP contribution in [0.5, 0.6) is 0 Å². The predicted molar refractivity (Wildman–Crippen MR) is 102 cm³/mol. The third kappa shape index (κ3) is 4.48. The van der Waals surface area contributed by atoms with Gasteiger partial charge in [-0.05, 0) is 25.1 Å². The maximum atomic E-state index is 12.4. The fraction of sp³-hybridized carbons (Fsp3) is 0.368. The summed E-state index contributed by atoms with van der Waals surface area (Å²) in [5, 5.41) is 13.5. The van der Waals surface area contributed by atoms with Crippen LogP contribution in [-0.4, -0.2) is 54.4 Å². The fourth-order valence-electron chi connectivity index (χ4n) is 3.16. The lowest BCUT2D eigenvalue weighted by molar-refractivity contribution is -0.384. The van der Waals surface area contributed by atoms with Gasteiger partial charge in [-0.2, -0.15) is 0 Å². The van der Waals surface area contributed by atoms with Crippen molar-refractivity contribution in [1.82, 2.24) is 10.2 Å². The largest absolute Gasteiger partial charge is 0.469 e. The zero-order chi connectivity index (χ0) is 20.1. The summed E-state index contributed by atoms with van der Waals surface area (Å²) in [4.78, 5) is 38.5. The Kier molecular flexibility index (Phi) is 5.93. The Labute approximate surface area is 162 Å². The highest BCUT2D eigenvalue weighted by molar-refractivity contribution is 5.95. The van der Waals surface area contributed by atoms with E-state index in [4.69, 9.17) is 4.42 Å². The highest BCUT2D eigenvalue weighted by atomic mass is 16.6. The van der Waals surface area contributed by atoms with Crippen LogP contribution in [0.15, 0.2) is 41.0 Å². The van der Waals surface area contributed by atoms with Gasteiger partial charge in [-0.15, -0.1) is 0 Å². The van der Waals surface area contributed by atoms with Crippen molar-refractivity contribution in [3.63, 3.8) is 0 Å². The number of non-ortho nitro benzene ring substituents is 1. The number of carbonyl (C=O) groups excluding carboxylic acids is 2. The molecule has 148 valence electrons. The third-order valence-electron chi connectivity index (χ3n) is 4.79. The van der Waals surface area contributed by atoms with Gasteiger partial charge in [0, 0.05) is 57.0 Å². The lowest BCUT2D eigenvalue weighted by Gasteiger charge is -2.36. The van der Waals surface area contributed by atoms with E-state index in [0.717, 1.165) is 5.69 Å². The highest BCUT2D eigenvalue weighted by Gasteiger charge is 2.21. The lowest BCUT2D eigenvalue weighted by atomic mass is 10.2. The lowest BCUT2D eigenvalue weighted by Crippen LogP contribution is -2.49. The second-order valence-electron chi connectivity index (χ2n) is 6.54. The number of nitro groups is 1. The Hall–Kier alpha value is -3.36. The number of piperazine rings is 1. The third-order valence-corrected chi connectivity index (χ3v) is 4.79. The van der Waals surface area contributed by atoms with E-state index < -0.39 is 4.92 Å². The van der Waals surface area contributed by atoms with Crippen LogP contribution in [-0.2, 0) is 4.79 Å². The highest BCUT2D eigenvalue weighted by Crippen LogP contribution is 2.20. The first-order valence-corrected chi connectivity index (χ1v) is 9.05.